The Balaban J connectivity index is 2.60. The second kappa shape index (κ2) is 8.92. The predicted molar refractivity (Wildman–Crippen MR) is 58.1 cm³/mol. The molecule has 0 aliphatic heterocycles. The molecule has 0 unspecified atom stereocenters. The summed E-state index contributed by atoms with van der Waals surface area (Å²) >= 11 is 0. The van der Waals surface area contributed by atoms with E-state index in [0.717, 1.165) is 20.8 Å². The van der Waals surface area contributed by atoms with Crippen LogP contribution in [0.25, 0.3) is 0 Å². The molecule has 0 saturated heterocycles. The van der Waals surface area contributed by atoms with E-state index in [0.29, 0.717) is 0 Å². The lowest BCUT2D eigenvalue weighted by Crippen LogP contribution is -2.45. The zero-order valence-electron chi connectivity index (χ0n) is 6.12. The van der Waals surface area contributed by atoms with Crippen molar-refractivity contribution in [3.63, 3.8) is 0 Å². The molecule has 0 aromatic heterocycles. The van der Waals surface area contributed by atoms with E-state index >= 15 is 0 Å². The predicted octanol–water partition coefficient (Wildman–Crippen LogP) is -7.10. The van der Waals surface area contributed by atoms with Crippen LogP contribution < -0.4 is 18.6 Å². The van der Waals surface area contributed by atoms with Gasteiger partial charge in [-0.3, -0.25) is 0 Å². The summed E-state index contributed by atoms with van der Waals surface area (Å²) in [6, 6.07) is 0. The van der Waals surface area contributed by atoms with E-state index in [4.69, 9.17) is 0 Å². The second-order valence-electron chi connectivity index (χ2n) is 1.74. The number of nitrogens with one attached hydrogen (secondary N) is 4. The van der Waals surface area contributed by atoms with E-state index in [-0.39, 0.29) is 29.5 Å². The van der Waals surface area contributed by atoms with Gasteiger partial charge in [-0.05, 0) is 0 Å². The van der Waals surface area contributed by atoms with Crippen LogP contribution >= 0.6 is 0 Å². The van der Waals surface area contributed by atoms with Crippen molar-refractivity contribution in [2.45, 2.75) is 0 Å². The minimum atomic E-state index is -0.0678. The van der Waals surface area contributed by atoms with Crippen LogP contribution in [0.2, 0.25) is 0 Å². The van der Waals surface area contributed by atoms with Crippen molar-refractivity contribution >= 4 is 50.3 Å². The Hall–Kier alpha value is 0.924. The quantitative estimate of drug-likeness (QED) is 0.261. The van der Waals surface area contributed by atoms with E-state index in [2.05, 4.69) is 18.6 Å². The molecule has 0 amide bonds. The minimum absolute atomic E-state index is 0.0395. The van der Waals surface area contributed by atoms with Gasteiger partial charge in [0.05, 0.1) is 20.8 Å². The number of hydrogen-bond donors (Lipinski definition) is 4. The van der Waals surface area contributed by atoms with Gasteiger partial charge < -0.3 is 18.6 Å². The van der Waals surface area contributed by atoms with Gasteiger partial charge in [-0.25, -0.2) is 0 Å². The molecule has 56 valence electrons. The van der Waals surface area contributed by atoms with Crippen LogP contribution in [0, 0.1) is 0 Å². The lowest BCUT2D eigenvalue weighted by Gasteiger charge is -2.02. The van der Waals surface area contributed by atoms with Gasteiger partial charge in [-0.1, -0.05) is 0 Å². The average Bonchev–Trinajstić information content (AvgIpc) is 1.89. The molecule has 0 rings (SSSR count). The maximum Gasteiger partial charge on any atom is 0.155 e. The molecule has 0 heterocycles. The van der Waals surface area contributed by atoms with Crippen LogP contribution in [0.1, 0.15) is 0 Å². The van der Waals surface area contributed by atoms with Crippen LogP contribution in [0.15, 0.2) is 0 Å². The number of hydrogen-bond acceptors (Lipinski definition) is 4. The largest absolute Gasteiger partial charge is 0.360 e. The first-order valence-corrected chi connectivity index (χ1v) is 9.36. The molecule has 0 radical (unpaired) electrons. The summed E-state index contributed by atoms with van der Waals surface area (Å²) < 4.78 is 13.6. The summed E-state index contributed by atoms with van der Waals surface area (Å²) in [5, 5.41) is 0. The van der Waals surface area contributed by atoms with Crippen LogP contribution in [-0.2, 0) is 0 Å². The van der Waals surface area contributed by atoms with E-state index in [9.17, 15) is 0 Å². The molecule has 0 bridgehead atoms. The lowest BCUT2D eigenvalue weighted by molar-refractivity contribution is 1.35. The third kappa shape index (κ3) is 8.92. The van der Waals surface area contributed by atoms with Crippen LogP contribution in [0.3, 0.4) is 0 Å². The second-order valence-corrected chi connectivity index (χ2v) is 12.5. The van der Waals surface area contributed by atoms with Crippen molar-refractivity contribution in [2.75, 3.05) is 0 Å². The van der Waals surface area contributed by atoms with Gasteiger partial charge in [0.25, 0.3) is 0 Å². The number of rotatable bonds is 6. The molecule has 0 aromatic rings. The molecule has 0 saturated carbocycles. The van der Waals surface area contributed by atoms with Gasteiger partial charge in [0.2, 0.25) is 0 Å². The maximum absolute atomic E-state index is 3.47. The molecule has 0 aliphatic rings. The summed E-state index contributed by atoms with van der Waals surface area (Å²) in [6.45, 7) is 0. The molecule has 9 heavy (non-hydrogen) atoms. The Labute approximate surface area is 69.3 Å². The molecule has 0 aromatic carbocycles. The average molecular weight is 213 g/mol. The van der Waals surface area contributed by atoms with E-state index in [1.54, 1.807) is 0 Å². The summed E-state index contributed by atoms with van der Waals surface area (Å²) in [6.07, 6.45) is 0. The van der Waals surface area contributed by atoms with E-state index < -0.39 is 0 Å². The highest BCUT2D eigenvalue weighted by molar-refractivity contribution is 6.58. The fourth-order valence-electron chi connectivity index (χ4n) is 0.463. The van der Waals surface area contributed by atoms with Crippen molar-refractivity contribution in [1.29, 1.82) is 0 Å². The van der Waals surface area contributed by atoms with Crippen molar-refractivity contribution < 1.29 is 0 Å². The van der Waals surface area contributed by atoms with Crippen molar-refractivity contribution in [1.82, 2.24) is 18.6 Å². The standard InChI is InChI=1S/H16N4Si5/c5-1-7-3-9-4-8-2-6/h1-4H,7-9H2,5-6H3. The lowest BCUT2D eigenvalue weighted by atomic mass is 13.8. The molecular weight excluding hydrogens is 196 g/mol. The van der Waals surface area contributed by atoms with Gasteiger partial charge in [-0.2, -0.15) is 0 Å². The van der Waals surface area contributed by atoms with E-state index in [1.807, 2.05) is 0 Å². The first-order valence-electron chi connectivity index (χ1n) is 3.12. The van der Waals surface area contributed by atoms with Gasteiger partial charge in [0.1, 0.15) is 0 Å². The van der Waals surface area contributed by atoms with Gasteiger partial charge in [-0.15, -0.1) is 0 Å². The van der Waals surface area contributed by atoms with Crippen LogP contribution in [-0.4, -0.2) is 50.3 Å². The minimum Gasteiger partial charge on any atom is -0.360 e. The third-order valence-corrected chi connectivity index (χ3v) is 7.68. The maximum atomic E-state index is 3.47. The normalized spacial score (nSPS) is 14.7. The van der Waals surface area contributed by atoms with Crippen molar-refractivity contribution in [2.24, 2.45) is 0 Å². The van der Waals surface area contributed by atoms with Gasteiger partial charge in [0, 0.05) is 0 Å². The van der Waals surface area contributed by atoms with Gasteiger partial charge >= 0.3 is 0 Å². The Morgan fingerprint density at radius 3 is 1.56 bits per heavy atom. The van der Waals surface area contributed by atoms with Gasteiger partial charge in [0.15, 0.2) is 29.5 Å². The zero-order valence-corrected chi connectivity index (χ0v) is 14.4. The molecule has 0 spiro atoms. The first-order chi connectivity index (χ1) is 4.41. The Morgan fingerprint density at radius 1 is 0.778 bits per heavy atom. The van der Waals surface area contributed by atoms with Crippen LogP contribution in [0.5, 0.6) is 0 Å². The molecule has 0 atom stereocenters. The fourth-order valence-corrected chi connectivity index (χ4v) is 10.3. The topological polar surface area (TPSA) is 48.1 Å². The fraction of sp³-hybridized carbons (Fsp3) is 0. The monoisotopic (exact) mass is 212 g/mol. The van der Waals surface area contributed by atoms with Crippen molar-refractivity contribution in [3.05, 3.63) is 0 Å². The smallest absolute Gasteiger partial charge is 0.155 e. The zero-order chi connectivity index (χ0) is 6.95. The molecule has 0 fully saturated rings. The Morgan fingerprint density at radius 2 is 1.22 bits per heavy atom. The highest BCUT2D eigenvalue weighted by Gasteiger charge is 1.82. The van der Waals surface area contributed by atoms with Crippen molar-refractivity contribution in [3.8, 4) is 0 Å². The molecular formula is H16N4Si5. The Kier molecular flexibility index (Phi) is 9.84. The summed E-state index contributed by atoms with van der Waals surface area (Å²) in [5.74, 6) is 0. The highest BCUT2D eigenvalue weighted by atomic mass is 28.3. The molecule has 9 heteroatoms. The Bertz CT molecular complexity index is 42.2. The van der Waals surface area contributed by atoms with Crippen LogP contribution in [0.4, 0.5) is 0 Å². The summed E-state index contributed by atoms with van der Waals surface area (Å²) in [7, 11) is 2.16. The molecule has 4 N–H and O–H groups in total. The summed E-state index contributed by atoms with van der Waals surface area (Å²) in [5.41, 5.74) is 0. The summed E-state index contributed by atoms with van der Waals surface area (Å²) in [4.78, 5) is 0. The molecule has 4 nitrogen and oxygen atoms in total. The molecule has 0 aliphatic carbocycles. The van der Waals surface area contributed by atoms with E-state index in [1.165, 1.54) is 0 Å². The third-order valence-electron chi connectivity index (χ3n) is 0.854. The SMILES string of the molecule is [SiH3]N[SiH2]N[SiH2]N[SiH2]N[SiH3]. The highest BCUT2D eigenvalue weighted by Crippen LogP contribution is 1.37. The first kappa shape index (κ1) is 9.92.